The van der Waals surface area contributed by atoms with E-state index in [0.29, 0.717) is 36.1 Å². The molecule has 1 aliphatic carbocycles. The van der Waals surface area contributed by atoms with Crippen LogP contribution in [0.2, 0.25) is 0 Å². The number of nitrogens with zero attached hydrogens (tertiary/aromatic N) is 1. The van der Waals surface area contributed by atoms with Crippen LogP contribution in [0.25, 0.3) is 0 Å². The second kappa shape index (κ2) is 11.7. The maximum Gasteiger partial charge on any atom is 0.246 e. The van der Waals surface area contributed by atoms with Gasteiger partial charge in [0.1, 0.15) is 11.6 Å². The molecule has 3 heterocycles. The van der Waals surface area contributed by atoms with Gasteiger partial charge in [-0.05, 0) is 67.5 Å². The molecule has 2 aromatic rings. The van der Waals surface area contributed by atoms with Crippen molar-refractivity contribution in [2.24, 2.45) is 17.8 Å². The third kappa shape index (κ3) is 5.18. The minimum Gasteiger partial charge on any atom is -0.493 e. The molecule has 3 amide bonds. The van der Waals surface area contributed by atoms with E-state index < -0.39 is 29.6 Å². The van der Waals surface area contributed by atoms with Crippen molar-refractivity contribution in [2.75, 3.05) is 26.1 Å². The fourth-order valence-corrected chi connectivity index (χ4v) is 7.53. The van der Waals surface area contributed by atoms with Gasteiger partial charge in [0.25, 0.3) is 0 Å². The molecule has 228 valence electrons. The van der Waals surface area contributed by atoms with E-state index >= 15 is 0 Å². The standard InChI is InChI=1S/C34H41N3O6/c1-20-8-7-10-23(18-20)35-31(38)28-26-14-16-34(43-26)29(28)33(40)37(17-15-22-12-13-25(41-3)27(19-22)42-4)30(34)32(39)36-24-11-6-5-9-21(24)2/h7-8,10,12-14,16,18-19,21,24,26,28-30H,5-6,9,11,15,17H2,1-4H3,(H,35,38)(H,36,39)/t21-,24-,26+,28+,29+,30-,34-/m0/s1. The Hall–Kier alpha value is -3.85. The molecule has 0 aromatic heterocycles. The SMILES string of the molecule is COc1ccc(CCN2C(=O)[C@H]3[C@H](C(=O)Nc4cccc(C)c4)[C@H]4C=C[C@@]3(O4)[C@@H]2C(=O)N[C@H]2CCCC[C@@H]2C)cc1OC. The van der Waals surface area contributed by atoms with E-state index in [1.165, 1.54) is 0 Å². The number of anilines is 1. The number of aryl methyl sites for hydroxylation is 1. The molecule has 2 bridgehead atoms. The van der Waals surface area contributed by atoms with Crippen LogP contribution < -0.4 is 20.1 Å². The number of ether oxygens (including phenoxy) is 3. The maximum atomic E-state index is 14.3. The topological polar surface area (TPSA) is 106 Å². The average Bonchev–Trinajstić information content (AvgIpc) is 3.64. The second-order valence-corrected chi connectivity index (χ2v) is 12.4. The lowest BCUT2D eigenvalue weighted by atomic mass is 9.74. The van der Waals surface area contributed by atoms with Crippen molar-refractivity contribution in [3.63, 3.8) is 0 Å². The lowest BCUT2D eigenvalue weighted by Gasteiger charge is -2.36. The Morgan fingerprint density at radius 2 is 1.84 bits per heavy atom. The normalized spacial score (nSPS) is 30.7. The van der Waals surface area contributed by atoms with Gasteiger partial charge in [-0.25, -0.2) is 0 Å². The van der Waals surface area contributed by atoms with E-state index in [1.807, 2.05) is 61.5 Å². The largest absolute Gasteiger partial charge is 0.493 e. The van der Waals surface area contributed by atoms with Gasteiger partial charge in [0.2, 0.25) is 17.7 Å². The van der Waals surface area contributed by atoms with Crippen LogP contribution in [-0.4, -0.2) is 67.2 Å². The molecular weight excluding hydrogens is 546 g/mol. The Kier molecular flexibility index (Phi) is 7.94. The van der Waals surface area contributed by atoms with Crippen LogP contribution in [0.4, 0.5) is 5.69 Å². The van der Waals surface area contributed by atoms with Gasteiger partial charge >= 0.3 is 0 Å². The fourth-order valence-electron chi connectivity index (χ4n) is 7.53. The van der Waals surface area contributed by atoms with Crippen molar-refractivity contribution in [1.29, 1.82) is 0 Å². The number of carbonyl (C=O) groups is 3. The van der Waals surface area contributed by atoms with Crippen molar-refractivity contribution in [1.82, 2.24) is 10.2 Å². The van der Waals surface area contributed by atoms with Crippen LogP contribution in [0.3, 0.4) is 0 Å². The predicted octanol–water partition coefficient (Wildman–Crippen LogP) is 4.04. The molecule has 1 saturated carbocycles. The summed E-state index contributed by atoms with van der Waals surface area (Å²) in [5, 5.41) is 6.29. The zero-order valence-electron chi connectivity index (χ0n) is 25.3. The number of hydrogen-bond acceptors (Lipinski definition) is 6. The smallest absolute Gasteiger partial charge is 0.246 e. The fraction of sp³-hybridized carbons (Fsp3) is 0.500. The number of amides is 3. The Labute approximate surface area is 252 Å². The summed E-state index contributed by atoms with van der Waals surface area (Å²) in [6.45, 7) is 4.42. The second-order valence-electron chi connectivity index (χ2n) is 12.4. The Balaban J connectivity index is 1.30. The van der Waals surface area contributed by atoms with E-state index in [-0.39, 0.29) is 23.8 Å². The van der Waals surface area contributed by atoms with Crippen molar-refractivity contribution in [3.05, 3.63) is 65.7 Å². The van der Waals surface area contributed by atoms with Crippen molar-refractivity contribution < 1.29 is 28.6 Å². The third-order valence-corrected chi connectivity index (χ3v) is 9.74. The summed E-state index contributed by atoms with van der Waals surface area (Å²) >= 11 is 0. The molecule has 0 unspecified atom stereocenters. The quantitative estimate of drug-likeness (QED) is 0.429. The summed E-state index contributed by atoms with van der Waals surface area (Å²) in [7, 11) is 3.17. The van der Waals surface area contributed by atoms with Crippen molar-refractivity contribution >= 4 is 23.4 Å². The minimum atomic E-state index is -1.20. The predicted molar refractivity (Wildman–Crippen MR) is 162 cm³/mol. The number of likely N-dealkylation sites (tertiary alicyclic amines) is 1. The molecule has 9 nitrogen and oxygen atoms in total. The molecule has 1 spiro atoms. The van der Waals surface area contributed by atoms with Crippen LogP contribution in [-0.2, 0) is 25.5 Å². The van der Waals surface area contributed by atoms with Gasteiger partial charge in [0.15, 0.2) is 11.5 Å². The van der Waals surface area contributed by atoms with E-state index in [1.54, 1.807) is 19.1 Å². The van der Waals surface area contributed by atoms with E-state index in [9.17, 15) is 14.4 Å². The lowest BCUT2D eigenvalue weighted by molar-refractivity contribution is -0.141. The first kappa shape index (κ1) is 29.2. The number of hydrogen-bond donors (Lipinski definition) is 2. The Bertz CT molecular complexity index is 1440. The maximum absolute atomic E-state index is 14.3. The lowest BCUT2D eigenvalue weighted by Crippen LogP contribution is -2.57. The van der Waals surface area contributed by atoms with E-state index in [0.717, 1.165) is 36.8 Å². The number of rotatable bonds is 9. The summed E-state index contributed by atoms with van der Waals surface area (Å²) in [6, 6.07) is 12.4. The molecule has 2 N–H and O–H groups in total. The molecule has 7 atom stereocenters. The van der Waals surface area contributed by atoms with Gasteiger partial charge in [-0.15, -0.1) is 0 Å². The Morgan fingerprint density at radius 3 is 2.58 bits per heavy atom. The molecule has 9 heteroatoms. The monoisotopic (exact) mass is 587 g/mol. The molecule has 0 radical (unpaired) electrons. The van der Waals surface area contributed by atoms with Gasteiger partial charge in [-0.2, -0.15) is 0 Å². The van der Waals surface area contributed by atoms with E-state index in [2.05, 4.69) is 17.6 Å². The summed E-state index contributed by atoms with van der Waals surface area (Å²) < 4.78 is 17.4. The zero-order valence-corrected chi connectivity index (χ0v) is 25.3. The number of methoxy groups -OCH3 is 2. The van der Waals surface area contributed by atoms with E-state index in [4.69, 9.17) is 14.2 Å². The highest BCUT2D eigenvalue weighted by Crippen LogP contribution is 2.55. The highest BCUT2D eigenvalue weighted by Gasteiger charge is 2.72. The van der Waals surface area contributed by atoms with Crippen LogP contribution in [0, 0.1) is 24.7 Å². The summed E-state index contributed by atoms with van der Waals surface area (Å²) in [6.07, 6.45) is 7.83. The van der Waals surface area contributed by atoms with Gasteiger partial charge in [0.05, 0.1) is 32.2 Å². The van der Waals surface area contributed by atoms with Gasteiger partial charge in [-0.1, -0.05) is 50.1 Å². The number of fused-ring (bicyclic) bond motifs is 1. The molecule has 2 aromatic carbocycles. The average molecular weight is 588 g/mol. The first-order valence-corrected chi connectivity index (χ1v) is 15.3. The molecule has 3 aliphatic heterocycles. The number of carbonyl (C=O) groups excluding carboxylic acids is 3. The number of nitrogens with one attached hydrogen (secondary N) is 2. The van der Waals surface area contributed by atoms with Crippen molar-refractivity contribution in [3.8, 4) is 11.5 Å². The third-order valence-electron chi connectivity index (χ3n) is 9.74. The zero-order chi connectivity index (χ0) is 30.3. The van der Waals surface area contributed by atoms with Crippen LogP contribution in [0.15, 0.2) is 54.6 Å². The van der Waals surface area contributed by atoms with Crippen LogP contribution >= 0.6 is 0 Å². The van der Waals surface area contributed by atoms with Crippen LogP contribution in [0.1, 0.15) is 43.7 Å². The highest BCUT2D eigenvalue weighted by atomic mass is 16.5. The van der Waals surface area contributed by atoms with Gasteiger partial charge < -0.3 is 29.7 Å². The van der Waals surface area contributed by atoms with Gasteiger partial charge in [0, 0.05) is 18.3 Å². The first-order chi connectivity index (χ1) is 20.8. The summed E-state index contributed by atoms with van der Waals surface area (Å²) in [4.78, 5) is 43.9. The molecule has 6 rings (SSSR count). The first-order valence-electron chi connectivity index (χ1n) is 15.3. The highest BCUT2D eigenvalue weighted by molar-refractivity contribution is 6.02. The van der Waals surface area contributed by atoms with Crippen molar-refractivity contribution in [2.45, 2.75) is 69.7 Å². The Morgan fingerprint density at radius 1 is 1.05 bits per heavy atom. The summed E-state index contributed by atoms with van der Waals surface area (Å²) in [5.41, 5.74) is 1.43. The molecule has 4 aliphatic rings. The molecular formula is C34H41N3O6. The van der Waals surface area contributed by atoms with Crippen LogP contribution in [0.5, 0.6) is 11.5 Å². The van der Waals surface area contributed by atoms with Gasteiger partial charge in [-0.3, -0.25) is 14.4 Å². The molecule has 3 fully saturated rings. The molecule has 43 heavy (non-hydrogen) atoms. The molecule has 2 saturated heterocycles. The summed E-state index contributed by atoms with van der Waals surface area (Å²) in [5.74, 6) is -0.685. The number of benzene rings is 2. The minimum absolute atomic E-state index is 0.0440.